The van der Waals surface area contributed by atoms with Gasteiger partial charge in [-0.2, -0.15) is 0 Å². The van der Waals surface area contributed by atoms with E-state index in [9.17, 15) is 0 Å². The second kappa shape index (κ2) is 6.90. The minimum absolute atomic E-state index is 1.15. The van der Waals surface area contributed by atoms with Crippen LogP contribution >= 0.6 is 43.2 Å². The fourth-order valence-electron chi connectivity index (χ4n) is 3.58. The number of benzene rings is 4. The maximum absolute atomic E-state index is 3.80. The summed E-state index contributed by atoms with van der Waals surface area (Å²) in [7, 11) is 0. The van der Waals surface area contributed by atoms with E-state index in [2.05, 4.69) is 117 Å². The first kappa shape index (κ1) is 17.2. The summed E-state index contributed by atoms with van der Waals surface area (Å²) < 4.78 is 2.29. The number of halogens is 2. The summed E-state index contributed by atoms with van der Waals surface area (Å²) in [5.41, 5.74) is 4.94. The zero-order valence-corrected chi connectivity index (χ0v) is 18.2. The largest absolute Gasteiger partial charge is 0.120 e. The molecule has 0 spiro atoms. The van der Waals surface area contributed by atoms with Crippen LogP contribution in [0.5, 0.6) is 0 Å². The van der Waals surface area contributed by atoms with Crippen LogP contribution < -0.4 is 0 Å². The Kier molecular flexibility index (Phi) is 4.39. The van der Waals surface area contributed by atoms with Crippen LogP contribution in [-0.2, 0) is 0 Å². The summed E-state index contributed by atoms with van der Waals surface area (Å²) in [6.07, 6.45) is 0. The number of hydrogen-bond donors (Lipinski definition) is 0. The molecule has 1 heterocycles. The molecule has 0 saturated carbocycles. The van der Waals surface area contributed by atoms with Gasteiger partial charge in [0.15, 0.2) is 0 Å². The van der Waals surface area contributed by atoms with Crippen LogP contribution in [0.2, 0.25) is 0 Å². The standard InChI is InChI=1S/C24H14Br2S/c25-23-21(19-11-9-15-5-1-3-7-17(15)13-19)22(24(26)27-23)20-12-10-16-6-2-4-8-18(16)14-20/h1-14H. The van der Waals surface area contributed by atoms with Crippen LogP contribution in [0.15, 0.2) is 92.5 Å². The lowest BCUT2D eigenvalue weighted by Gasteiger charge is -2.09. The molecule has 3 heteroatoms. The van der Waals surface area contributed by atoms with E-state index in [0.29, 0.717) is 0 Å². The topological polar surface area (TPSA) is 0 Å². The van der Waals surface area contributed by atoms with Crippen molar-refractivity contribution in [3.05, 3.63) is 92.5 Å². The number of rotatable bonds is 2. The van der Waals surface area contributed by atoms with Crippen molar-refractivity contribution in [2.24, 2.45) is 0 Å². The Balaban J connectivity index is 1.75. The van der Waals surface area contributed by atoms with E-state index in [-0.39, 0.29) is 0 Å². The van der Waals surface area contributed by atoms with Gasteiger partial charge in [0.25, 0.3) is 0 Å². The first-order valence-electron chi connectivity index (χ1n) is 8.67. The van der Waals surface area contributed by atoms with Crippen molar-refractivity contribution >= 4 is 64.7 Å². The summed E-state index contributed by atoms with van der Waals surface area (Å²) >= 11 is 9.34. The summed E-state index contributed by atoms with van der Waals surface area (Å²) in [6.45, 7) is 0. The first-order valence-corrected chi connectivity index (χ1v) is 11.1. The zero-order valence-electron chi connectivity index (χ0n) is 14.2. The molecule has 0 aliphatic heterocycles. The predicted octanol–water partition coefficient (Wildman–Crippen LogP) is 8.91. The summed E-state index contributed by atoms with van der Waals surface area (Å²) in [6, 6.07) is 30.4. The minimum atomic E-state index is 1.15. The molecule has 0 aliphatic carbocycles. The fourth-order valence-corrected chi connectivity index (χ4v) is 6.86. The molecule has 5 aromatic rings. The van der Waals surface area contributed by atoms with Crippen molar-refractivity contribution in [2.75, 3.05) is 0 Å². The number of thiophene rings is 1. The predicted molar refractivity (Wildman–Crippen MR) is 126 cm³/mol. The quantitative estimate of drug-likeness (QED) is 0.230. The second-order valence-electron chi connectivity index (χ2n) is 6.52. The van der Waals surface area contributed by atoms with Gasteiger partial charge in [0, 0.05) is 11.1 Å². The van der Waals surface area contributed by atoms with Crippen LogP contribution in [-0.4, -0.2) is 0 Å². The molecule has 0 unspecified atom stereocenters. The van der Waals surface area contributed by atoms with E-state index in [1.807, 2.05) is 0 Å². The van der Waals surface area contributed by atoms with Crippen molar-refractivity contribution < 1.29 is 0 Å². The molecule has 0 N–H and O–H groups in total. The van der Waals surface area contributed by atoms with Crippen LogP contribution in [0.1, 0.15) is 0 Å². The molecule has 0 nitrogen and oxygen atoms in total. The SMILES string of the molecule is Brc1sc(Br)c(-c2ccc3ccccc3c2)c1-c1ccc2ccccc2c1. The van der Waals surface area contributed by atoms with Gasteiger partial charge in [0.2, 0.25) is 0 Å². The van der Waals surface area contributed by atoms with Gasteiger partial charge in [-0.25, -0.2) is 0 Å². The third-order valence-corrected chi connectivity index (χ3v) is 7.43. The number of hydrogen-bond acceptors (Lipinski definition) is 1. The van der Waals surface area contributed by atoms with Gasteiger partial charge in [-0.05, 0) is 76.7 Å². The van der Waals surface area contributed by atoms with E-state index >= 15 is 0 Å². The van der Waals surface area contributed by atoms with Gasteiger partial charge in [-0.1, -0.05) is 72.8 Å². The molecular formula is C24H14Br2S. The van der Waals surface area contributed by atoms with Gasteiger partial charge in [0.1, 0.15) is 0 Å². The Hall–Kier alpha value is -1.94. The van der Waals surface area contributed by atoms with Crippen molar-refractivity contribution in [3.8, 4) is 22.3 Å². The molecule has 1 aromatic heterocycles. The molecular weight excluding hydrogens is 480 g/mol. The maximum atomic E-state index is 3.80. The maximum Gasteiger partial charge on any atom is 0.0795 e. The average molecular weight is 494 g/mol. The third-order valence-electron chi connectivity index (χ3n) is 4.90. The van der Waals surface area contributed by atoms with Crippen molar-refractivity contribution in [1.82, 2.24) is 0 Å². The average Bonchev–Trinajstić information content (AvgIpc) is 3.01. The zero-order chi connectivity index (χ0) is 18.4. The van der Waals surface area contributed by atoms with E-state index in [1.54, 1.807) is 11.3 Å². The monoisotopic (exact) mass is 492 g/mol. The molecule has 5 rings (SSSR count). The molecule has 0 aliphatic rings. The fraction of sp³-hybridized carbons (Fsp3) is 0. The highest BCUT2D eigenvalue weighted by Crippen LogP contribution is 2.49. The highest BCUT2D eigenvalue weighted by molar-refractivity contribution is 9.12. The van der Waals surface area contributed by atoms with Crippen LogP contribution in [0.3, 0.4) is 0 Å². The smallest absolute Gasteiger partial charge is 0.0795 e. The lowest BCUT2D eigenvalue weighted by atomic mass is 9.95. The molecule has 0 radical (unpaired) electrons. The highest BCUT2D eigenvalue weighted by atomic mass is 79.9. The molecule has 0 amide bonds. The molecule has 27 heavy (non-hydrogen) atoms. The Morgan fingerprint density at radius 2 is 0.889 bits per heavy atom. The minimum Gasteiger partial charge on any atom is -0.120 e. The lowest BCUT2D eigenvalue weighted by molar-refractivity contribution is 1.66. The molecule has 0 bridgehead atoms. The van der Waals surface area contributed by atoms with E-state index in [1.165, 1.54) is 43.8 Å². The second-order valence-corrected chi connectivity index (χ2v) is 10.2. The van der Waals surface area contributed by atoms with Crippen LogP contribution in [0, 0.1) is 0 Å². The lowest BCUT2D eigenvalue weighted by Crippen LogP contribution is -1.84. The number of fused-ring (bicyclic) bond motifs is 2. The van der Waals surface area contributed by atoms with Gasteiger partial charge in [-0.15, -0.1) is 11.3 Å². The highest BCUT2D eigenvalue weighted by Gasteiger charge is 2.19. The van der Waals surface area contributed by atoms with E-state index < -0.39 is 0 Å². The summed E-state index contributed by atoms with van der Waals surface area (Å²) in [5, 5.41) is 5.04. The Morgan fingerprint density at radius 3 is 1.33 bits per heavy atom. The van der Waals surface area contributed by atoms with E-state index in [0.717, 1.165) is 7.57 Å². The van der Waals surface area contributed by atoms with Gasteiger partial charge >= 0.3 is 0 Å². The Bertz CT molecular complexity index is 1200. The van der Waals surface area contributed by atoms with Gasteiger partial charge in [-0.3, -0.25) is 0 Å². The Labute approximate surface area is 178 Å². The van der Waals surface area contributed by atoms with Crippen molar-refractivity contribution in [1.29, 1.82) is 0 Å². The third kappa shape index (κ3) is 3.04. The van der Waals surface area contributed by atoms with Crippen molar-refractivity contribution in [2.45, 2.75) is 0 Å². The van der Waals surface area contributed by atoms with Gasteiger partial charge < -0.3 is 0 Å². The normalized spacial score (nSPS) is 11.3. The Morgan fingerprint density at radius 1 is 0.481 bits per heavy atom. The van der Waals surface area contributed by atoms with Gasteiger partial charge in [0.05, 0.1) is 7.57 Å². The molecule has 4 aromatic carbocycles. The van der Waals surface area contributed by atoms with Crippen molar-refractivity contribution in [3.63, 3.8) is 0 Å². The summed E-state index contributed by atoms with van der Waals surface area (Å²) in [4.78, 5) is 0. The molecule has 0 fully saturated rings. The molecule has 0 saturated heterocycles. The van der Waals surface area contributed by atoms with Crippen LogP contribution in [0.25, 0.3) is 43.8 Å². The van der Waals surface area contributed by atoms with E-state index in [4.69, 9.17) is 0 Å². The molecule has 0 atom stereocenters. The summed E-state index contributed by atoms with van der Waals surface area (Å²) in [5.74, 6) is 0. The van der Waals surface area contributed by atoms with Crippen LogP contribution in [0.4, 0.5) is 0 Å². The first-order chi connectivity index (χ1) is 13.2. The molecule has 130 valence electrons.